The van der Waals surface area contributed by atoms with Gasteiger partial charge in [0.1, 0.15) is 0 Å². The normalized spacial score (nSPS) is 12.3. The zero-order chi connectivity index (χ0) is 13.8. The summed E-state index contributed by atoms with van der Waals surface area (Å²) >= 11 is 0. The van der Waals surface area contributed by atoms with Crippen molar-refractivity contribution < 1.29 is 9.90 Å². The Bertz CT molecular complexity index is 581. The fourth-order valence-electron chi connectivity index (χ4n) is 1.90. The van der Waals surface area contributed by atoms with E-state index >= 15 is 0 Å². The number of tetrazole rings is 1. The fourth-order valence-corrected chi connectivity index (χ4v) is 1.90. The van der Waals surface area contributed by atoms with Gasteiger partial charge in [0.25, 0.3) is 0 Å². The second-order valence-electron chi connectivity index (χ2n) is 4.22. The highest BCUT2D eigenvalue weighted by Crippen LogP contribution is 2.23. The topological polar surface area (TPSA) is 107 Å². The summed E-state index contributed by atoms with van der Waals surface area (Å²) in [6.07, 6.45) is 1.20. The molecule has 100 valence electrons. The van der Waals surface area contributed by atoms with Gasteiger partial charge in [0, 0.05) is 11.3 Å². The van der Waals surface area contributed by atoms with E-state index in [2.05, 4.69) is 15.5 Å². The van der Waals surface area contributed by atoms with E-state index in [9.17, 15) is 9.90 Å². The van der Waals surface area contributed by atoms with E-state index in [1.807, 2.05) is 6.92 Å². The predicted molar refractivity (Wildman–Crippen MR) is 69.2 cm³/mol. The number of benzene rings is 1. The summed E-state index contributed by atoms with van der Waals surface area (Å²) in [5, 5.41) is 20.5. The van der Waals surface area contributed by atoms with Gasteiger partial charge < -0.3 is 10.8 Å². The van der Waals surface area contributed by atoms with Crippen molar-refractivity contribution in [2.45, 2.75) is 25.8 Å². The van der Waals surface area contributed by atoms with Crippen LogP contribution >= 0.6 is 0 Å². The summed E-state index contributed by atoms with van der Waals surface area (Å²) in [6, 6.07) is 6.27. The van der Waals surface area contributed by atoms with Gasteiger partial charge >= 0.3 is 5.97 Å². The fraction of sp³-hybridized carbons (Fsp3) is 0.333. The molecule has 2 aromatic rings. The van der Waals surface area contributed by atoms with Crippen LogP contribution in [0.5, 0.6) is 0 Å². The number of nitrogen functional groups attached to an aromatic ring is 1. The molecule has 1 aromatic heterocycles. The van der Waals surface area contributed by atoms with Crippen LogP contribution in [-0.4, -0.2) is 31.3 Å². The highest BCUT2D eigenvalue weighted by atomic mass is 16.4. The van der Waals surface area contributed by atoms with Crippen molar-refractivity contribution in [1.29, 1.82) is 0 Å². The smallest absolute Gasteiger partial charge is 0.328 e. The van der Waals surface area contributed by atoms with Crippen molar-refractivity contribution in [2.75, 3.05) is 5.73 Å². The van der Waals surface area contributed by atoms with Gasteiger partial charge in [-0.15, -0.1) is 5.10 Å². The quantitative estimate of drug-likeness (QED) is 0.787. The van der Waals surface area contributed by atoms with E-state index in [1.165, 1.54) is 4.68 Å². The minimum atomic E-state index is -0.945. The second kappa shape index (κ2) is 5.47. The zero-order valence-corrected chi connectivity index (χ0v) is 10.5. The summed E-state index contributed by atoms with van der Waals surface area (Å²) in [6.45, 7) is 1.92. The molecular weight excluding hydrogens is 246 g/mol. The molecule has 1 atom stereocenters. The zero-order valence-electron chi connectivity index (χ0n) is 10.5. The maximum atomic E-state index is 11.3. The summed E-state index contributed by atoms with van der Waals surface area (Å²) in [5.74, 6) is -0.535. The lowest BCUT2D eigenvalue weighted by molar-refractivity contribution is -0.141. The Labute approximate surface area is 110 Å². The summed E-state index contributed by atoms with van der Waals surface area (Å²) in [5.41, 5.74) is 6.99. The highest BCUT2D eigenvalue weighted by Gasteiger charge is 2.24. The van der Waals surface area contributed by atoms with Gasteiger partial charge in [-0.05, 0) is 29.0 Å². The molecule has 3 N–H and O–H groups in total. The van der Waals surface area contributed by atoms with Crippen LogP contribution in [0, 0.1) is 0 Å². The first-order valence-corrected chi connectivity index (χ1v) is 6.00. The Morgan fingerprint density at radius 3 is 2.95 bits per heavy atom. The summed E-state index contributed by atoms with van der Waals surface area (Å²) < 4.78 is 1.33. The van der Waals surface area contributed by atoms with Gasteiger partial charge in [-0.25, -0.2) is 9.48 Å². The van der Waals surface area contributed by atoms with E-state index in [1.54, 1.807) is 24.3 Å². The molecule has 0 spiro atoms. The largest absolute Gasteiger partial charge is 0.480 e. The number of hydrogen-bond donors (Lipinski definition) is 2. The number of aliphatic carboxylic acids is 1. The third-order valence-electron chi connectivity index (χ3n) is 2.78. The van der Waals surface area contributed by atoms with Crippen LogP contribution in [0.1, 0.15) is 25.8 Å². The Morgan fingerprint density at radius 2 is 2.32 bits per heavy atom. The number of carboxylic acids is 1. The van der Waals surface area contributed by atoms with Gasteiger partial charge in [-0.3, -0.25) is 0 Å². The van der Waals surface area contributed by atoms with Crippen LogP contribution in [0.3, 0.4) is 0 Å². The molecule has 1 aromatic carbocycles. The predicted octanol–water partition coefficient (Wildman–Crippen LogP) is 1.35. The number of nitrogens with two attached hydrogens (primary N) is 1. The molecule has 1 unspecified atom stereocenters. The third kappa shape index (κ3) is 2.70. The van der Waals surface area contributed by atoms with E-state index in [4.69, 9.17) is 5.73 Å². The molecule has 0 aliphatic rings. The molecule has 0 aliphatic carbocycles. The molecule has 0 bridgehead atoms. The maximum Gasteiger partial charge on any atom is 0.328 e. The molecule has 0 fully saturated rings. The monoisotopic (exact) mass is 261 g/mol. The van der Waals surface area contributed by atoms with Gasteiger partial charge in [0.2, 0.25) is 0 Å². The second-order valence-corrected chi connectivity index (χ2v) is 4.22. The Balaban J connectivity index is 2.44. The van der Waals surface area contributed by atoms with E-state index in [-0.39, 0.29) is 0 Å². The first-order valence-electron chi connectivity index (χ1n) is 6.00. The van der Waals surface area contributed by atoms with Crippen molar-refractivity contribution in [3.63, 3.8) is 0 Å². The lowest BCUT2D eigenvalue weighted by Crippen LogP contribution is -2.21. The number of aromatic nitrogens is 4. The Kier molecular flexibility index (Phi) is 3.74. The van der Waals surface area contributed by atoms with E-state index in [0.29, 0.717) is 23.5 Å². The third-order valence-corrected chi connectivity index (χ3v) is 2.78. The summed E-state index contributed by atoms with van der Waals surface area (Å²) in [7, 11) is 0. The SMILES string of the molecule is CCCC(C(=O)O)n1nnnc1-c1cccc(N)c1. The van der Waals surface area contributed by atoms with Crippen LogP contribution in [-0.2, 0) is 4.79 Å². The average Bonchev–Trinajstić information content (AvgIpc) is 2.84. The number of carboxylic acid groups (broad SMARTS) is 1. The molecule has 19 heavy (non-hydrogen) atoms. The minimum absolute atomic E-state index is 0.410. The van der Waals surface area contributed by atoms with Crippen molar-refractivity contribution in [2.24, 2.45) is 0 Å². The molecule has 1 heterocycles. The maximum absolute atomic E-state index is 11.3. The van der Waals surface area contributed by atoms with E-state index < -0.39 is 12.0 Å². The molecule has 7 nitrogen and oxygen atoms in total. The molecule has 0 radical (unpaired) electrons. The van der Waals surface area contributed by atoms with Crippen LogP contribution in [0.4, 0.5) is 5.69 Å². The molecular formula is C12H15N5O2. The van der Waals surface area contributed by atoms with Gasteiger partial charge in [0.05, 0.1) is 0 Å². The molecule has 0 saturated carbocycles. The average molecular weight is 261 g/mol. The molecule has 0 aliphatic heterocycles. The number of anilines is 1. The van der Waals surface area contributed by atoms with Crippen molar-refractivity contribution in [1.82, 2.24) is 20.2 Å². The molecule has 2 rings (SSSR count). The molecule has 7 heteroatoms. The van der Waals surface area contributed by atoms with Gasteiger partial charge in [0.15, 0.2) is 11.9 Å². The lowest BCUT2D eigenvalue weighted by atomic mass is 10.1. The highest BCUT2D eigenvalue weighted by molar-refractivity contribution is 5.73. The Morgan fingerprint density at radius 1 is 1.53 bits per heavy atom. The summed E-state index contributed by atoms with van der Waals surface area (Å²) in [4.78, 5) is 11.3. The molecule has 0 amide bonds. The molecule has 0 saturated heterocycles. The van der Waals surface area contributed by atoms with Crippen molar-refractivity contribution >= 4 is 11.7 Å². The first-order chi connectivity index (χ1) is 9.13. The van der Waals surface area contributed by atoms with Crippen molar-refractivity contribution in [3.8, 4) is 11.4 Å². The number of rotatable bonds is 5. The number of carbonyl (C=O) groups is 1. The van der Waals surface area contributed by atoms with Crippen molar-refractivity contribution in [3.05, 3.63) is 24.3 Å². The number of nitrogens with zero attached hydrogens (tertiary/aromatic N) is 4. The number of hydrogen-bond acceptors (Lipinski definition) is 5. The minimum Gasteiger partial charge on any atom is -0.480 e. The van der Waals surface area contributed by atoms with Gasteiger partial charge in [-0.2, -0.15) is 0 Å². The van der Waals surface area contributed by atoms with Crippen LogP contribution < -0.4 is 5.73 Å². The van der Waals surface area contributed by atoms with E-state index in [0.717, 1.165) is 6.42 Å². The Hall–Kier alpha value is -2.44. The standard InChI is InChI=1S/C12H15N5O2/c1-2-4-10(12(18)19)17-11(14-15-16-17)8-5-3-6-9(13)7-8/h3,5-7,10H,2,4,13H2,1H3,(H,18,19). The van der Waals surface area contributed by atoms with Crippen LogP contribution in [0.2, 0.25) is 0 Å². The van der Waals surface area contributed by atoms with Crippen LogP contribution in [0.15, 0.2) is 24.3 Å². The van der Waals surface area contributed by atoms with Gasteiger partial charge in [-0.1, -0.05) is 25.5 Å². The van der Waals surface area contributed by atoms with Crippen LogP contribution in [0.25, 0.3) is 11.4 Å². The first kappa shape index (κ1) is 13.0. The lowest BCUT2D eigenvalue weighted by Gasteiger charge is -2.13.